The molecule has 1 atom stereocenters. The van der Waals surface area contributed by atoms with Gasteiger partial charge in [0.15, 0.2) is 0 Å². The molecule has 0 spiro atoms. The summed E-state index contributed by atoms with van der Waals surface area (Å²) >= 11 is 5.78. The van der Waals surface area contributed by atoms with Gasteiger partial charge in [-0.1, -0.05) is 20.8 Å². The fourth-order valence-corrected chi connectivity index (χ4v) is 2.56. The van der Waals surface area contributed by atoms with Gasteiger partial charge in [-0.05, 0) is 19.3 Å². The highest BCUT2D eigenvalue weighted by Gasteiger charge is 2.32. The number of aliphatic hydroxyl groups excluding tert-OH is 1. The third-order valence-electron chi connectivity index (χ3n) is 2.78. The standard InChI is InChI=1S/C11H25ClNO/c1-4-7-13(8-5-2,9-6-3)11(14)10-12/h11,14H,4-10H2,1-3H3/q+1. The number of hydrogen-bond donors (Lipinski definition) is 1. The Balaban J connectivity index is 4.53. The van der Waals surface area contributed by atoms with Crippen LogP contribution in [0.2, 0.25) is 0 Å². The third kappa shape index (κ3) is 3.76. The van der Waals surface area contributed by atoms with Gasteiger partial charge in [0.2, 0.25) is 6.23 Å². The maximum Gasteiger partial charge on any atom is 0.204 e. The molecule has 0 aliphatic heterocycles. The number of rotatable bonds is 8. The molecule has 0 aromatic rings. The molecule has 1 N–H and O–H groups in total. The van der Waals surface area contributed by atoms with Gasteiger partial charge in [0.05, 0.1) is 19.6 Å². The first-order valence-corrected chi connectivity index (χ1v) is 6.30. The van der Waals surface area contributed by atoms with E-state index in [2.05, 4.69) is 20.8 Å². The van der Waals surface area contributed by atoms with Crippen molar-refractivity contribution < 1.29 is 9.59 Å². The monoisotopic (exact) mass is 222 g/mol. The minimum absolute atomic E-state index is 0.347. The van der Waals surface area contributed by atoms with Crippen LogP contribution in [0, 0.1) is 0 Å². The quantitative estimate of drug-likeness (QED) is 0.380. The largest absolute Gasteiger partial charge is 0.344 e. The molecule has 0 bridgehead atoms. The number of alkyl halides is 1. The van der Waals surface area contributed by atoms with Crippen molar-refractivity contribution in [3.8, 4) is 0 Å². The van der Waals surface area contributed by atoms with Gasteiger partial charge in [-0.3, -0.25) is 4.48 Å². The first kappa shape index (κ1) is 14.2. The van der Waals surface area contributed by atoms with Crippen molar-refractivity contribution >= 4 is 11.6 Å². The maximum atomic E-state index is 10.0. The molecule has 0 aromatic heterocycles. The normalized spacial score (nSPS) is 14.4. The van der Waals surface area contributed by atoms with Gasteiger partial charge in [0.1, 0.15) is 5.88 Å². The van der Waals surface area contributed by atoms with Gasteiger partial charge in [0, 0.05) is 0 Å². The van der Waals surface area contributed by atoms with E-state index < -0.39 is 6.23 Å². The Hall–Kier alpha value is 0.210. The fraction of sp³-hybridized carbons (Fsp3) is 1.00. The minimum atomic E-state index is -0.392. The third-order valence-corrected chi connectivity index (χ3v) is 3.05. The lowest BCUT2D eigenvalue weighted by Crippen LogP contribution is -2.57. The number of quaternary nitrogens is 1. The minimum Gasteiger partial charge on any atom is -0.344 e. The average molecular weight is 223 g/mol. The van der Waals surface area contributed by atoms with E-state index in [0.29, 0.717) is 5.88 Å². The number of nitrogens with zero attached hydrogens (tertiary/aromatic N) is 1. The Kier molecular flexibility index (Phi) is 7.61. The number of hydrogen-bond acceptors (Lipinski definition) is 1. The zero-order valence-corrected chi connectivity index (χ0v) is 10.6. The number of aliphatic hydroxyl groups is 1. The van der Waals surface area contributed by atoms with E-state index in [9.17, 15) is 5.11 Å². The van der Waals surface area contributed by atoms with Crippen LogP contribution < -0.4 is 0 Å². The van der Waals surface area contributed by atoms with E-state index in [0.717, 1.165) is 43.4 Å². The highest BCUT2D eigenvalue weighted by molar-refractivity contribution is 6.18. The molecular formula is C11H25ClNO+. The Morgan fingerprint density at radius 1 is 1.00 bits per heavy atom. The van der Waals surface area contributed by atoms with Crippen LogP contribution in [-0.4, -0.2) is 41.3 Å². The Bertz CT molecular complexity index is 124. The second-order valence-corrected chi connectivity index (χ2v) is 4.33. The molecular weight excluding hydrogens is 198 g/mol. The van der Waals surface area contributed by atoms with Gasteiger partial charge in [-0.2, -0.15) is 0 Å². The van der Waals surface area contributed by atoms with Gasteiger partial charge in [0.25, 0.3) is 0 Å². The van der Waals surface area contributed by atoms with Crippen LogP contribution in [0.25, 0.3) is 0 Å². The summed E-state index contributed by atoms with van der Waals surface area (Å²) in [6.45, 7) is 9.61. The lowest BCUT2D eigenvalue weighted by molar-refractivity contribution is -0.968. The Morgan fingerprint density at radius 2 is 1.36 bits per heavy atom. The molecule has 0 heterocycles. The van der Waals surface area contributed by atoms with E-state index in [-0.39, 0.29) is 0 Å². The summed E-state index contributed by atoms with van der Waals surface area (Å²) in [6.07, 6.45) is 2.92. The molecule has 86 valence electrons. The molecule has 3 heteroatoms. The van der Waals surface area contributed by atoms with Crippen LogP contribution in [0.4, 0.5) is 0 Å². The topological polar surface area (TPSA) is 20.2 Å². The summed E-state index contributed by atoms with van der Waals surface area (Å²) < 4.78 is 0.785. The van der Waals surface area contributed by atoms with E-state index in [4.69, 9.17) is 11.6 Å². The summed E-state index contributed by atoms with van der Waals surface area (Å²) in [6, 6.07) is 0. The molecule has 0 rings (SSSR count). The molecule has 0 aliphatic carbocycles. The molecule has 14 heavy (non-hydrogen) atoms. The number of halogens is 1. The molecule has 0 radical (unpaired) electrons. The smallest absolute Gasteiger partial charge is 0.204 e. The van der Waals surface area contributed by atoms with Crippen molar-refractivity contribution in [3.05, 3.63) is 0 Å². The fourth-order valence-electron chi connectivity index (χ4n) is 2.26. The molecule has 1 unspecified atom stereocenters. The second-order valence-electron chi connectivity index (χ2n) is 4.02. The highest BCUT2D eigenvalue weighted by atomic mass is 35.5. The molecule has 0 saturated heterocycles. The van der Waals surface area contributed by atoms with E-state index in [1.807, 2.05) is 0 Å². The van der Waals surface area contributed by atoms with Gasteiger partial charge in [-0.25, -0.2) is 0 Å². The molecule has 0 saturated carbocycles. The Morgan fingerprint density at radius 3 is 1.57 bits per heavy atom. The summed E-state index contributed by atoms with van der Waals surface area (Å²) in [7, 11) is 0. The maximum absolute atomic E-state index is 10.0. The van der Waals surface area contributed by atoms with Crippen molar-refractivity contribution in [2.75, 3.05) is 25.5 Å². The second kappa shape index (κ2) is 7.49. The van der Waals surface area contributed by atoms with Crippen LogP contribution in [0.15, 0.2) is 0 Å². The first-order valence-electron chi connectivity index (χ1n) is 5.76. The van der Waals surface area contributed by atoms with Gasteiger partial charge in [-0.15, -0.1) is 11.6 Å². The summed E-state index contributed by atoms with van der Waals surface area (Å²) in [5.41, 5.74) is 0. The summed E-state index contributed by atoms with van der Waals surface area (Å²) in [4.78, 5) is 0. The van der Waals surface area contributed by atoms with Crippen molar-refractivity contribution in [2.24, 2.45) is 0 Å². The van der Waals surface area contributed by atoms with Gasteiger partial charge < -0.3 is 5.11 Å². The Labute approximate surface area is 93.5 Å². The lowest BCUT2D eigenvalue weighted by Gasteiger charge is -2.41. The summed E-state index contributed by atoms with van der Waals surface area (Å²) in [5, 5.41) is 10.0. The van der Waals surface area contributed by atoms with Crippen LogP contribution in [0.5, 0.6) is 0 Å². The zero-order chi connectivity index (χ0) is 11.0. The average Bonchev–Trinajstić information content (AvgIpc) is 2.17. The lowest BCUT2D eigenvalue weighted by atomic mass is 10.2. The van der Waals surface area contributed by atoms with Crippen molar-refractivity contribution in [2.45, 2.75) is 46.3 Å². The van der Waals surface area contributed by atoms with Crippen molar-refractivity contribution in [1.82, 2.24) is 0 Å². The predicted octanol–water partition coefficient (Wildman–Crippen LogP) is 2.59. The molecule has 0 aromatic carbocycles. The predicted molar refractivity (Wildman–Crippen MR) is 62.5 cm³/mol. The molecule has 2 nitrogen and oxygen atoms in total. The van der Waals surface area contributed by atoms with Crippen LogP contribution in [-0.2, 0) is 0 Å². The van der Waals surface area contributed by atoms with Crippen molar-refractivity contribution in [1.29, 1.82) is 0 Å². The SMILES string of the molecule is CCC[N+](CCC)(CCC)C(O)CCl. The van der Waals surface area contributed by atoms with Crippen molar-refractivity contribution in [3.63, 3.8) is 0 Å². The zero-order valence-electron chi connectivity index (χ0n) is 9.80. The van der Waals surface area contributed by atoms with E-state index >= 15 is 0 Å². The van der Waals surface area contributed by atoms with Crippen LogP contribution in [0.3, 0.4) is 0 Å². The highest BCUT2D eigenvalue weighted by Crippen LogP contribution is 2.17. The molecule has 0 aliphatic rings. The molecule has 0 amide bonds. The van der Waals surface area contributed by atoms with Gasteiger partial charge >= 0.3 is 0 Å². The van der Waals surface area contributed by atoms with E-state index in [1.54, 1.807) is 0 Å². The molecule has 0 fully saturated rings. The summed E-state index contributed by atoms with van der Waals surface area (Å²) in [5.74, 6) is 0.347. The first-order chi connectivity index (χ1) is 6.66. The van der Waals surface area contributed by atoms with E-state index in [1.165, 1.54) is 0 Å². The van der Waals surface area contributed by atoms with Crippen LogP contribution in [0.1, 0.15) is 40.0 Å². The van der Waals surface area contributed by atoms with Crippen LogP contribution >= 0.6 is 11.6 Å².